The first-order valence-electron chi connectivity index (χ1n) is 17.6. The molecule has 4 atom stereocenters. The molecule has 0 aliphatic heterocycles. The van der Waals surface area contributed by atoms with E-state index in [1.165, 1.54) is 90.3 Å². The van der Waals surface area contributed by atoms with Crippen LogP contribution in [0.1, 0.15) is 130 Å². The number of nitrogens with two attached hydrogens (primary N) is 1. The lowest BCUT2D eigenvalue weighted by molar-refractivity contribution is -0.154. The average molecular weight is 717 g/mol. The Kier molecular flexibility index (Phi) is 26.5. The lowest BCUT2D eigenvalue weighted by atomic mass is 10.0. The minimum Gasteiger partial charge on any atom is -0.481 e. The van der Waals surface area contributed by atoms with Crippen molar-refractivity contribution >= 4 is 53.3 Å². The predicted molar refractivity (Wildman–Crippen MR) is 187 cm³/mol. The molecule has 0 unspecified atom stereocenters. The van der Waals surface area contributed by atoms with E-state index in [0.717, 1.165) is 19.3 Å². The number of primary amides is 1. The molecule has 0 aliphatic rings. The Hall–Kier alpha value is -3.36. The van der Waals surface area contributed by atoms with E-state index in [1.54, 1.807) is 0 Å². The van der Waals surface area contributed by atoms with Crippen LogP contribution in [0.5, 0.6) is 0 Å². The van der Waals surface area contributed by atoms with Gasteiger partial charge in [0.15, 0.2) is 0 Å². The van der Waals surface area contributed by atoms with E-state index in [9.17, 15) is 33.6 Å². The molecule has 0 rings (SSSR count). The first-order chi connectivity index (χ1) is 23.3. The van der Waals surface area contributed by atoms with Crippen LogP contribution in [-0.2, 0) is 43.0 Å². The van der Waals surface area contributed by atoms with Gasteiger partial charge in [-0.3, -0.25) is 33.6 Å². The van der Waals surface area contributed by atoms with Gasteiger partial charge in [-0.2, -0.15) is 11.8 Å². The van der Waals surface area contributed by atoms with Crippen LogP contribution in [0, 0.1) is 0 Å². The van der Waals surface area contributed by atoms with Gasteiger partial charge in [0.05, 0.1) is 0 Å². The summed E-state index contributed by atoms with van der Waals surface area (Å²) in [6.45, 7) is 5.86. The number of nitrogens with one attached hydrogen (secondary N) is 3. The van der Waals surface area contributed by atoms with Gasteiger partial charge in [-0.05, 0) is 19.8 Å². The van der Waals surface area contributed by atoms with Crippen molar-refractivity contribution in [2.75, 3.05) is 18.1 Å². The number of hydrogen-bond donors (Lipinski definition) is 5. The molecular formula is C34H60N4O10S. The van der Waals surface area contributed by atoms with Gasteiger partial charge in [-0.15, -0.1) is 0 Å². The maximum atomic E-state index is 13.2. The quantitative estimate of drug-likeness (QED) is 0.0535. The first kappa shape index (κ1) is 45.6. The monoisotopic (exact) mass is 716 g/mol. The molecule has 4 amide bonds. The number of unbranched alkanes of at least 4 members (excludes halogenated alkanes) is 12. The zero-order chi connectivity index (χ0) is 37.0. The molecule has 0 aliphatic carbocycles. The van der Waals surface area contributed by atoms with Crippen LogP contribution in [0.25, 0.3) is 0 Å². The summed E-state index contributed by atoms with van der Waals surface area (Å²) >= 11 is 1.18. The average Bonchev–Trinajstić information content (AvgIpc) is 3.02. The highest BCUT2D eigenvalue weighted by Crippen LogP contribution is 2.14. The van der Waals surface area contributed by atoms with Crippen molar-refractivity contribution in [3.05, 3.63) is 0 Å². The fourth-order valence-corrected chi connectivity index (χ4v) is 5.89. The van der Waals surface area contributed by atoms with E-state index in [4.69, 9.17) is 20.3 Å². The fourth-order valence-electron chi connectivity index (χ4n) is 4.86. The van der Waals surface area contributed by atoms with Crippen molar-refractivity contribution in [3.63, 3.8) is 0 Å². The first-order valence-corrected chi connectivity index (χ1v) is 18.7. The van der Waals surface area contributed by atoms with E-state index in [0.29, 0.717) is 6.42 Å². The van der Waals surface area contributed by atoms with E-state index in [1.807, 2.05) is 0 Å². The van der Waals surface area contributed by atoms with Crippen molar-refractivity contribution in [2.45, 2.75) is 155 Å². The van der Waals surface area contributed by atoms with Gasteiger partial charge >= 0.3 is 17.9 Å². The molecule has 0 spiro atoms. The summed E-state index contributed by atoms with van der Waals surface area (Å²) < 4.78 is 10.1. The van der Waals surface area contributed by atoms with Crippen molar-refractivity contribution in [1.82, 2.24) is 16.0 Å². The molecule has 6 N–H and O–H groups in total. The number of carbonyl (C=O) groups excluding carboxylic acids is 6. The number of aliphatic carboxylic acids is 1. The summed E-state index contributed by atoms with van der Waals surface area (Å²) in [5.74, 6) is -4.76. The molecule has 0 aromatic heterocycles. The molecule has 14 nitrogen and oxygen atoms in total. The third kappa shape index (κ3) is 26.2. The highest BCUT2D eigenvalue weighted by molar-refractivity contribution is 7.99. The number of carboxylic acids is 1. The summed E-state index contributed by atoms with van der Waals surface area (Å²) in [6.07, 6.45) is 14.0. The number of esters is 2. The molecular weight excluding hydrogens is 656 g/mol. The summed E-state index contributed by atoms with van der Waals surface area (Å²) in [6, 6.07) is -3.47. The summed E-state index contributed by atoms with van der Waals surface area (Å²) in [5, 5.41) is 16.5. The highest BCUT2D eigenvalue weighted by Gasteiger charge is 2.27. The second kappa shape index (κ2) is 28.5. The molecule has 15 heteroatoms. The molecule has 282 valence electrons. The molecule has 0 aromatic rings. The Labute approximate surface area is 295 Å². The normalized spacial score (nSPS) is 13.3. The molecule has 0 radical (unpaired) electrons. The Morgan fingerprint density at radius 1 is 0.694 bits per heavy atom. The Morgan fingerprint density at radius 2 is 1.24 bits per heavy atom. The fraction of sp³-hybridized carbons (Fsp3) is 0.794. The number of carbonyl (C=O) groups is 7. The van der Waals surface area contributed by atoms with Gasteiger partial charge in [0.25, 0.3) is 0 Å². The lowest BCUT2D eigenvalue weighted by Gasteiger charge is -2.23. The second-order valence-corrected chi connectivity index (χ2v) is 13.4. The SMILES string of the molecule is CCCCCCCCCCCCCCCC(=O)N[C@@H](CSC[C@@H](COC(C)=O)OC(C)=O)C(=O)N[C@H](C)C(=O)N[C@@H](CCC(=O)O)C(N)=O. The van der Waals surface area contributed by atoms with Crippen LogP contribution in [0.15, 0.2) is 0 Å². The summed E-state index contributed by atoms with van der Waals surface area (Å²) in [7, 11) is 0. The second-order valence-electron chi connectivity index (χ2n) is 12.3. The molecule has 49 heavy (non-hydrogen) atoms. The molecule has 0 bridgehead atoms. The van der Waals surface area contributed by atoms with E-state index >= 15 is 0 Å². The maximum absolute atomic E-state index is 13.2. The topological polar surface area (TPSA) is 220 Å². The molecule has 0 aromatic carbocycles. The van der Waals surface area contributed by atoms with E-state index < -0.39 is 66.3 Å². The van der Waals surface area contributed by atoms with Crippen molar-refractivity contribution < 1.29 is 48.1 Å². The minimum absolute atomic E-state index is 0.0465. The number of amides is 4. The van der Waals surface area contributed by atoms with Crippen molar-refractivity contribution in [3.8, 4) is 0 Å². The van der Waals surface area contributed by atoms with E-state index in [2.05, 4.69) is 22.9 Å². The molecule has 0 fully saturated rings. The van der Waals surface area contributed by atoms with Gasteiger partial charge in [-0.25, -0.2) is 0 Å². The van der Waals surface area contributed by atoms with Gasteiger partial charge in [0.2, 0.25) is 23.6 Å². The van der Waals surface area contributed by atoms with Crippen LogP contribution in [0.4, 0.5) is 0 Å². The predicted octanol–water partition coefficient (Wildman–Crippen LogP) is 3.52. The van der Waals surface area contributed by atoms with Gasteiger partial charge in [0, 0.05) is 38.2 Å². The lowest BCUT2D eigenvalue weighted by Crippen LogP contribution is -2.56. The van der Waals surface area contributed by atoms with Crippen molar-refractivity contribution in [1.29, 1.82) is 0 Å². The zero-order valence-corrected chi connectivity index (χ0v) is 30.7. The Balaban J connectivity index is 5.04. The number of carboxylic acid groups (broad SMARTS) is 1. The zero-order valence-electron chi connectivity index (χ0n) is 29.9. The van der Waals surface area contributed by atoms with Crippen LogP contribution in [-0.4, -0.2) is 89.0 Å². The largest absolute Gasteiger partial charge is 0.481 e. The molecule has 0 heterocycles. The minimum atomic E-state index is -1.25. The number of hydrogen-bond acceptors (Lipinski definition) is 10. The summed E-state index contributed by atoms with van der Waals surface area (Å²) in [4.78, 5) is 84.1. The van der Waals surface area contributed by atoms with Gasteiger partial charge < -0.3 is 36.3 Å². The van der Waals surface area contributed by atoms with E-state index in [-0.39, 0.29) is 36.9 Å². The van der Waals surface area contributed by atoms with Crippen molar-refractivity contribution in [2.24, 2.45) is 5.73 Å². The van der Waals surface area contributed by atoms with Gasteiger partial charge in [-0.1, -0.05) is 84.0 Å². The Morgan fingerprint density at radius 3 is 1.73 bits per heavy atom. The third-order valence-corrected chi connectivity index (χ3v) is 8.79. The smallest absolute Gasteiger partial charge is 0.303 e. The number of thioether (sulfide) groups is 1. The van der Waals surface area contributed by atoms with Crippen LogP contribution in [0.3, 0.4) is 0 Å². The van der Waals surface area contributed by atoms with Crippen LogP contribution >= 0.6 is 11.8 Å². The number of ether oxygens (including phenoxy) is 2. The van der Waals surface area contributed by atoms with Crippen LogP contribution < -0.4 is 21.7 Å². The third-order valence-electron chi connectivity index (χ3n) is 7.61. The summed E-state index contributed by atoms with van der Waals surface area (Å²) in [5.41, 5.74) is 5.29. The molecule has 0 saturated carbocycles. The van der Waals surface area contributed by atoms with Crippen LogP contribution in [0.2, 0.25) is 0 Å². The standard InChI is InChI=1S/C34H60N4O10S/c1-5-6-7-8-9-10-11-12-13-14-15-16-17-18-30(41)37-29(23-49-22-27(48-26(4)40)21-47-25(3)39)34(46)36-24(2)33(45)38-28(32(35)44)19-20-31(42)43/h24,27-29H,5-23H2,1-4H3,(H2,35,44)(H,36,46)(H,37,41)(H,38,45)(H,42,43)/t24-,27-,28+,29+/m1/s1. The van der Waals surface area contributed by atoms with Gasteiger partial charge in [0.1, 0.15) is 30.8 Å². The number of rotatable bonds is 30. The Bertz CT molecular complexity index is 1030. The highest BCUT2D eigenvalue weighted by atomic mass is 32.2. The molecule has 0 saturated heterocycles. The maximum Gasteiger partial charge on any atom is 0.303 e.